The average molecular weight is 582 g/mol. The SMILES string of the molecule is COc1cc(OC)c(Cl)c(-c2ccc(C(=O)O)c3ncc(-c4ccc(CN5CCCC5)nc4C(N)=O)nc23)c1Cl. The normalized spacial score (nSPS) is 13.5. The molecule has 12 heteroatoms. The van der Waals surface area contributed by atoms with Crippen molar-refractivity contribution in [2.24, 2.45) is 5.73 Å². The molecule has 0 saturated carbocycles. The van der Waals surface area contributed by atoms with Crippen molar-refractivity contribution in [3.05, 3.63) is 63.5 Å². The second-order valence-electron chi connectivity index (χ2n) is 9.25. The highest BCUT2D eigenvalue weighted by molar-refractivity contribution is 6.41. The number of methoxy groups -OCH3 is 2. The lowest BCUT2D eigenvalue weighted by Gasteiger charge is -2.17. The zero-order valence-corrected chi connectivity index (χ0v) is 23.2. The molecule has 5 rings (SSSR count). The van der Waals surface area contributed by atoms with E-state index < -0.39 is 11.9 Å². The Balaban J connectivity index is 1.73. The molecule has 3 heterocycles. The first-order chi connectivity index (χ1) is 19.2. The monoisotopic (exact) mass is 581 g/mol. The maximum Gasteiger partial charge on any atom is 0.337 e. The largest absolute Gasteiger partial charge is 0.495 e. The van der Waals surface area contributed by atoms with Crippen molar-refractivity contribution in [1.82, 2.24) is 19.9 Å². The van der Waals surface area contributed by atoms with E-state index in [0.29, 0.717) is 40.4 Å². The third-order valence-electron chi connectivity index (χ3n) is 6.82. The predicted molar refractivity (Wildman–Crippen MR) is 151 cm³/mol. The first kappa shape index (κ1) is 27.6. The van der Waals surface area contributed by atoms with Crippen molar-refractivity contribution in [2.45, 2.75) is 19.4 Å². The van der Waals surface area contributed by atoms with Gasteiger partial charge >= 0.3 is 5.97 Å². The maximum atomic E-state index is 12.5. The highest BCUT2D eigenvalue weighted by Gasteiger charge is 2.25. The number of carbonyl (C=O) groups excluding carboxylic acids is 1. The Bertz CT molecular complexity index is 1630. The number of fused-ring (bicyclic) bond motifs is 1. The van der Waals surface area contributed by atoms with E-state index in [1.807, 2.05) is 6.07 Å². The minimum Gasteiger partial charge on any atom is -0.495 e. The minimum absolute atomic E-state index is 0.0420. The zero-order chi connectivity index (χ0) is 28.6. The molecule has 2 aromatic heterocycles. The Morgan fingerprint density at radius 3 is 2.23 bits per heavy atom. The Kier molecular flexibility index (Phi) is 7.75. The Hall–Kier alpha value is -3.99. The van der Waals surface area contributed by atoms with E-state index in [1.54, 1.807) is 18.2 Å². The smallest absolute Gasteiger partial charge is 0.337 e. The maximum absolute atomic E-state index is 12.5. The standard InChI is InChI=1S/C28H25Cl2N5O5/c1-39-19-11-20(40-2)23(30)21(22(19)29)16-7-8-17(28(37)38)24-25(16)34-18(12-32-24)15-6-5-14(33-26(15)27(31)36)13-35-9-3-4-10-35/h5-8,11-12H,3-4,9-10,13H2,1-2H3,(H2,31,36)(H,37,38). The van der Waals surface area contributed by atoms with Crippen molar-refractivity contribution in [3.63, 3.8) is 0 Å². The minimum atomic E-state index is -1.19. The fraction of sp³-hybridized carbons (Fsp3) is 0.250. The van der Waals surface area contributed by atoms with Gasteiger partial charge in [0.1, 0.15) is 22.7 Å². The number of primary amides is 1. The van der Waals surface area contributed by atoms with E-state index in [9.17, 15) is 14.7 Å². The van der Waals surface area contributed by atoms with Crippen LogP contribution in [0.5, 0.6) is 11.5 Å². The van der Waals surface area contributed by atoms with Crippen LogP contribution in [0.2, 0.25) is 10.0 Å². The molecule has 206 valence electrons. The molecule has 1 saturated heterocycles. The molecular weight excluding hydrogens is 557 g/mol. The van der Waals surface area contributed by atoms with Crippen LogP contribution in [0.15, 0.2) is 36.5 Å². The molecule has 3 N–H and O–H groups in total. The van der Waals surface area contributed by atoms with Crippen molar-refractivity contribution in [1.29, 1.82) is 0 Å². The number of carboxylic acids is 1. The van der Waals surface area contributed by atoms with Gasteiger partial charge in [0.15, 0.2) is 0 Å². The second-order valence-corrected chi connectivity index (χ2v) is 10.0. The second kappa shape index (κ2) is 11.2. The third-order valence-corrected chi connectivity index (χ3v) is 7.57. The molecule has 1 aliphatic heterocycles. The number of likely N-dealkylation sites (tertiary alicyclic amines) is 1. The molecule has 0 radical (unpaired) electrons. The van der Waals surface area contributed by atoms with Gasteiger partial charge < -0.3 is 20.3 Å². The van der Waals surface area contributed by atoms with Gasteiger partial charge in [-0.05, 0) is 44.1 Å². The number of halogens is 2. The molecule has 1 fully saturated rings. The summed E-state index contributed by atoms with van der Waals surface area (Å²) in [5.41, 5.74) is 8.03. The van der Waals surface area contributed by atoms with Gasteiger partial charge in [0, 0.05) is 29.3 Å². The first-order valence-corrected chi connectivity index (χ1v) is 13.1. The number of pyridine rings is 1. The molecule has 4 aromatic rings. The highest BCUT2D eigenvalue weighted by Crippen LogP contribution is 2.47. The fourth-order valence-corrected chi connectivity index (χ4v) is 5.58. The van der Waals surface area contributed by atoms with Crippen molar-refractivity contribution in [3.8, 4) is 33.9 Å². The van der Waals surface area contributed by atoms with Gasteiger partial charge in [-0.3, -0.25) is 14.7 Å². The van der Waals surface area contributed by atoms with Crippen LogP contribution in [0.3, 0.4) is 0 Å². The van der Waals surface area contributed by atoms with Crippen LogP contribution in [-0.4, -0.2) is 64.1 Å². The summed E-state index contributed by atoms with van der Waals surface area (Å²) >= 11 is 13.4. The predicted octanol–water partition coefficient (Wildman–Crippen LogP) is 5.08. The Morgan fingerprint density at radius 2 is 1.62 bits per heavy atom. The molecule has 1 amide bonds. The third kappa shape index (κ3) is 5.01. The van der Waals surface area contributed by atoms with Crippen LogP contribution in [0.1, 0.15) is 39.4 Å². The summed E-state index contributed by atoms with van der Waals surface area (Å²) in [5, 5.41) is 10.2. The summed E-state index contributed by atoms with van der Waals surface area (Å²) in [4.78, 5) is 40.5. The number of rotatable bonds is 8. The van der Waals surface area contributed by atoms with Crippen LogP contribution in [0, 0.1) is 0 Å². The van der Waals surface area contributed by atoms with Gasteiger partial charge in [0.2, 0.25) is 0 Å². The molecule has 10 nitrogen and oxygen atoms in total. The molecule has 0 atom stereocenters. The number of carbonyl (C=O) groups is 2. The fourth-order valence-electron chi connectivity index (χ4n) is 4.88. The van der Waals surface area contributed by atoms with Gasteiger partial charge in [-0.2, -0.15) is 0 Å². The first-order valence-electron chi connectivity index (χ1n) is 12.4. The number of aromatic carboxylic acids is 1. The van der Waals surface area contributed by atoms with Gasteiger partial charge in [-0.15, -0.1) is 0 Å². The van der Waals surface area contributed by atoms with Gasteiger partial charge in [0.25, 0.3) is 5.91 Å². The summed E-state index contributed by atoms with van der Waals surface area (Å²) in [6.07, 6.45) is 3.64. The number of aromatic nitrogens is 3. The number of hydrogen-bond acceptors (Lipinski definition) is 8. The summed E-state index contributed by atoms with van der Waals surface area (Å²) in [6, 6.07) is 8.04. The zero-order valence-electron chi connectivity index (χ0n) is 21.7. The van der Waals surface area contributed by atoms with Gasteiger partial charge in [0.05, 0.1) is 52.9 Å². The lowest BCUT2D eigenvalue weighted by molar-refractivity contribution is 0.0698. The van der Waals surface area contributed by atoms with Gasteiger partial charge in [-0.1, -0.05) is 29.3 Å². The van der Waals surface area contributed by atoms with E-state index in [-0.39, 0.29) is 38.0 Å². The Morgan fingerprint density at radius 1 is 0.975 bits per heavy atom. The summed E-state index contributed by atoms with van der Waals surface area (Å²) in [7, 11) is 2.90. The lowest BCUT2D eigenvalue weighted by Crippen LogP contribution is -2.21. The van der Waals surface area contributed by atoms with Crippen LogP contribution < -0.4 is 15.2 Å². The van der Waals surface area contributed by atoms with Crippen molar-refractivity contribution >= 4 is 46.1 Å². The summed E-state index contributed by atoms with van der Waals surface area (Å²) < 4.78 is 10.8. The highest BCUT2D eigenvalue weighted by atomic mass is 35.5. The van der Waals surface area contributed by atoms with Crippen LogP contribution in [0.25, 0.3) is 33.4 Å². The van der Waals surface area contributed by atoms with Crippen LogP contribution in [0.4, 0.5) is 0 Å². The number of ether oxygens (including phenoxy) is 2. The van der Waals surface area contributed by atoms with E-state index in [4.69, 9.17) is 43.4 Å². The number of nitrogens with zero attached hydrogens (tertiary/aromatic N) is 4. The molecule has 0 unspecified atom stereocenters. The summed E-state index contributed by atoms with van der Waals surface area (Å²) in [5.74, 6) is -1.31. The molecular formula is C28H25Cl2N5O5. The number of amides is 1. The molecule has 40 heavy (non-hydrogen) atoms. The van der Waals surface area contributed by atoms with Crippen molar-refractivity contribution in [2.75, 3.05) is 27.3 Å². The molecule has 0 spiro atoms. The van der Waals surface area contributed by atoms with E-state index >= 15 is 0 Å². The van der Waals surface area contributed by atoms with Gasteiger partial charge in [-0.25, -0.2) is 14.8 Å². The number of benzene rings is 2. The molecule has 0 aliphatic carbocycles. The van der Waals surface area contributed by atoms with Crippen LogP contribution in [-0.2, 0) is 6.54 Å². The average Bonchev–Trinajstić information content (AvgIpc) is 3.46. The van der Waals surface area contributed by atoms with Crippen LogP contribution >= 0.6 is 23.2 Å². The molecule has 0 bridgehead atoms. The van der Waals surface area contributed by atoms with Crippen molar-refractivity contribution < 1.29 is 24.2 Å². The number of nitrogens with two attached hydrogens (primary N) is 1. The molecule has 1 aliphatic rings. The Labute approximate surface area is 239 Å². The van der Waals surface area contributed by atoms with E-state index in [1.165, 1.54) is 26.5 Å². The topological polar surface area (TPSA) is 141 Å². The van der Waals surface area contributed by atoms with E-state index in [2.05, 4.69) is 14.9 Å². The van der Waals surface area contributed by atoms with E-state index in [0.717, 1.165) is 25.9 Å². The summed E-state index contributed by atoms with van der Waals surface area (Å²) in [6.45, 7) is 2.55. The number of hydrogen-bond donors (Lipinski definition) is 2. The lowest BCUT2D eigenvalue weighted by atomic mass is 9.99. The number of carboxylic acid groups (broad SMARTS) is 1. The molecule has 2 aromatic carbocycles. The quantitative estimate of drug-likeness (QED) is 0.291.